The number of aromatic nitrogens is 2. The van der Waals surface area contributed by atoms with Crippen LogP contribution >= 0.6 is 0 Å². The van der Waals surface area contributed by atoms with Crippen molar-refractivity contribution in [2.75, 3.05) is 7.11 Å². The van der Waals surface area contributed by atoms with Gasteiger partial charge in [-0.1, -0.05) is 48.5 Å². The summed E-state index contributed by atoms with van der Waals surface area (Å²) in [6, 6.07) is 20.2. The van der Waals surface area contributed by atoms with E-state index >= 15 is 0 Å². The average molecular weight is 413 g/mol. The van der Waals surface area contributed by atoms with E-state index in [1.54, 1.807) is 18.2 Å². The molecule has 0 saturated heterocycles. The first-order valence-electron chi connectivity index (χ1n) is 9.59. The maximum Gasteiger partial charge on any atom is 0.333 e. The van der Waals surface area contributed by atoms with Gasteiger partial charge in [-0.15, -0.1) is 0 Å². The zero-order chi connectivity index (χ0) is 21.8. The maximum atomic E-state index is 13.3. The number of aromatic amines is 1. The Labute approximate surface area is 177 Å². The Balaban J connectivity index is 1.79. The summed E-state index contributed by atoms with van der Waals surface area (Å²) in [6.07, 6.45) is 1.41. The Morgan fingerprint density at radius 2 is 1.74 bits per heavy atom. The third-order valence-corrected chi connectivity index (χ3v) is 4.88. The highest BCUT2D eigenvalue weighted by molar-refractivity contribution is 6.08. The molecular formula is C24H19N3O4. The fraction of sp³-hybridized carbons (Fsp3) is 0.0833. The highest BCUT2D eigenvalue weighted by atomic mass is 16.5. The van der Waals surface area contributed by atoms with Crippen LogP contribution in [-0.4, -0.2) is 29.0 Å². The summed E-state index contributed by atoms with van der Waals surface area (Å²) in [4.78, 5) is 44.6. The summed E-state index contributed by atoms with van der Waals surface area (Å²) < 4.78 is 4.85. The van der Waals surface area contributed by atoms with Crippen LogP contribution in [0.2, 0.25) is 0 Å². The van der Waals surface area contributed by atoms with Crippen molar-refractivity contribution in [3.8, 4) is 11.3 Å². The van der Waals surface area contributed by atoms with Gasteiger partial charge < -0.3 is 15.0 Å². The molecule has 0 fully saturated rings. The van der Waals surface area contributed by atoms with Gasteiger partial charge in [-0.3, -0.25) is 9.59 Å². The van der Waals surface area contributed by atoms with Crippen molar-refractivity contribution in [1.82, 2.24) is 15.3 Å². The van der Waals surface area contributed by atoms with Crippen molar-refractivity contribution in [1.29, 1.82) is 0 Å². The van der Waals surface area contributed by atoms with Gasteiger partial charge in [0.1, 0.15) is 0 Å². The lowest BCUT2D eigenvalue weighted by molar-refractivity contribution is -0.143. The van der Waals surface area contributed by atoms with Gasteiger partial charge in [0.15, 0.2) is 6.04 Å². The number of nitrogens with zero attached hydrogens (tertiary/aromatic N) is 1. The molecule has 1 unspecified atom stereocenters. The molecule has 31 heavy (non-hydrogen) atoms. The smallest absolute Gasteiger partial charge is 0.333 e. The van der Waals surface area contributed by atoms with E-state index in [-0.39, 0.29) is 5.56 Å². The SMILES string of the molecule is COC(=O)C(NC(=O)c1cc(-c2ccccc2)nc2ccccc12)c1cc[nH]c(=O)c1. The number of H-pyrrole nitrogens is 1. The van der Waals surface area contributed by atoms with E-state index in [4.69, 9.17) is 4.74 Å². The molecule has 2 aromatic carbocycles. The van der Waals surface area contributed by atoms with Crippen molar-refractivity contribution in [3.63, 3.8) is 0 Å². The average Bonchev–Trinajstić information content (AvgIpc) is 2.81. The zero-order valence-corrected chi connectivity index (χ0v) is 16.7. The molecule has 4 rings (SSSR count). The van der Waals surface area contributed by atoms with Crippen LogP contribution in [0.5, 0.6) is 0 Å². The van der Waals surface area contributed by atoms with Crippen LogP contribution in [0.25, 0.3) is 22.2 Å². The van der Waals surface area contributed by atoms with Gasteiger partial charge in [0, 0.05) is 23.2 Å². The topological polar surface area (TPSA) is 101 Å². The number of para-hydroxylation sites is 1. The number of benzene rings is 2. The Morgan fingerprint density at radius 3 is 2.48 bits per heavy atom. The number of carbonyl (C=O) groups is 2. The second-order valence-electron chi connectivity index (χ2n) is 6.85. The second-order valence-corrected chi connectivity index (χ2v) is 6.85. The van der Waals surface area contributed by atoms with Gasteiger partial charge in [-0.25, -0.2) is 9.78 Å². The number of esters is 1. The fourth-order valence-electron chi connectivity index (χ4n) is 3.37. The quantitative estimate of drug-likeness (QED) is 0.489. The minimum Gasteiger partial charge on any atom is -0.467 e. The Bertz CT molecular complexity index is 1320. The van der Waals surface area contributed by atoms with Crippen molar-refractivity contribution in [3.05, 3.63) is 100 Å². The molecule has 0 saturated carbocycles. The lowest BCUT2D eigenvalue weighted by atomic mass is 10.0. The van der Waals surface area contributed by atoms with Gasteiger partial charge in [0.2, 0.25) is 5.56 Å². The van der Waals surface area contributed by atoms with Crippen molar-refractivity contribution in [2.24, 2.45) is 0 Å². The van der Waals surface area contributed by atoms with Crippen LogP contribution in [-0.2, 0) is 9.53 Å². The number of rotatable bonds is 5. The molecule has 7 nitrogen and oxygen atoms in total. The molecule has 2 N–H and O–H groups in total. The molecule has 0 aliphatic heterocycles. The molecule has 4 aromatic rings. The third kappa shape index (κ3) is 4.20. The summed E-state index contributed by atoms with van der Waals surface area (Å²) in [6.45, 7) is 0. The summed E-state index contributed by atoms with van der Waals surface area (Å²) in [5.41, 5.74) is 2.45. The standard InChI is InChI=1S/C24H19N3O4/c1-31-24(30)22(16-11-12-25-21(28)13-16)27-23(29)18-14-20(15-7-3-2-4-8-15)26-19-10-6-5-9-17(18)19/h2-14,22H,1H3,(H,25,28)(H,27,29). The minimum absolute atomic E-state index is 0.325. The number of amides is 1. The van der Waals surface area contributed by atoms with Crippen LogP contribution < -0.4 is 10.9 Å². The van der Waals surface area contributed by atoms with E-state index in [0.29, 0.717) is 27.7 Å². The first kappa shape index (κ1) is 20.0. The highest BCUT2D eigenvalue weighted by Crippen LogP contribution is 2.25. The lowest BCUT2D eigenvalue weighted by Crippen LogP contribution is -2.35. The normalized spacial score (nSPS) is 11.6. The third-order valence-electron chi connectivity index (χ3n) is 4.88. The van der Waals surface area contributed by atoms with Crippen LogP contribution in [0.1, 0.15) is 22.0 Å². The Hall–Kier alpha value is -4.26. The molecule has 0 bridgehead atoms. The molecule has 1 atom stereocenters. The first-order valence-corrected chi connectivity index (χ1v) is 9.59. The van der Waals surface area contributed by atoms with E-state index < -0.39 is 17.9 Å². The number of carbonyl (C=O) groups excluding carboxylic acids is 2. The summed E-state index contributed by atoms with van der Waals surface area (Å²) in [5, 5.41) is 3.35. The van der Waals surface area contributed by atoms with E-state index in [0.717, 1.165) is 5.56 Å². The molecule has 0 aliphatic rings. The number of fused-ring (bicyclic) bond motifs is 1. The van der Waals surface area contributed by atoms with Gasteiger partial charge in [-0.2, -0.15) is 0 Å². The number of pyridine rings is 2. The minimum atomic E-state index is -1.13. The molecule has 7 heteroatoms. The van der Waals surface area contributed by atoms with E-state index in [2.05, 4.69) is 15.3 Å². The van der Waals surface area contributed by atoms with E-state index in [1.165, 1.54) is 19.4 Å². The van der Waals surface area contributed by atoms with Crippen LogP contribution in [0.15, 0.2) is 83.8 Å². The van der Waals surface area contributed by atoms with E-state index in [9.17, 15) is 14.4 Å². The number of hydrogen-bond donors (Lipinski definition) is 2. The lowest BCUT2D eigenvalue weighted by Gasteiger charge is -2.18. The molecule has 1 amide bonds. The van der Waals surface area contributed by atoms with Crippen LogP contribution in [0.3, 0.4) is 0 Å². The molecular weight excluding hydrogens is 394 g/mol. The monoisotopic (exact) mass is 413 g/mol. The predicted octanol–water partition coefficient (Wildman–Crippen LogP) is 3.23. The van der Waals surface area contributed by atoms with Gasteiger partial charge in [0.05, 0.1) is 23.9 Å². The summed E-state index contributed by atoms with van der Waals surface area (Å²) in [7, 11) is 1.23. The number of hydrogen-bond acceptors (Lipinski definition) is 5. The number of nitrogens with one attached hydrogen (secondary N) is 2. The zero-order valence-electron chi connectivity index (χ0n) is 16.7. The predicted molar refractivity (Wildman–Crippen MR) is 116 cm³/mol. The van der Waals surface area contributed by atoms with E-state index in [1.807, 2.05) is 48.5 Å². The van der Waals surface area contributed by atoms with Crippen molar-refractivity contribution in [2.45, 2.75) is 6.04 Å². The molecule has 154 valence electrons. The Morgan fingerprint density at radius 1 is 1.00 bits per heavy atom. The molecule has 0 aliphatic carbocycles. The molecule has 0 radical (unpaired) electrons. The molecule has 2 aromatic heterocycles. The van der Waals surface area contributed by atoms with Crippen LogP contribution in [0.4, 0.5) is 0 Å². The van der Waals surface area contributed by atoms with Crippen molar-refractivity contribution < 1.29 is 14.3 Å². The summed E-state index contributed by atoms with van der Waals surface area (Å²) >= 11 is 0. The fourth-order valence-corrected chi connectivity index (χ4v) is 3.37. The summed E-state index contributed by atoms with van der Waals surface area (Å²) in [5.74, 6) is -1.16. The highest BCUT2D eigenvalue weighted by Gasteiger charge is 2.25. The van der Waals surface area contributed by atoms with Crippen LogP contribution in [0, 0.1) is 0 Å². The number of ether oxygens (including phenoxy) is 1. The van der Waals surface area contributed by atoms with Gasteiger partial charge in [-0.05, 0) is 23.8 Å². The second kappa shape index (κ2) is 8.62. The van der Waals surface area contributed by atoms with Crippen molar-refractivity contribution >= 4 is 22.8 Å². The molecule has 0 spiro atoms. The molecule has 2 heterocycles. The number of methoxy groups -OCH3 is 1. The maximum absolute atomic E-state index is 13.3. The Kier molecular flexibility index (Phi) is 5.57. The first-order chi connectivity index (χ1) is 15.1. The van der Waals surface area contributed by atoms with Gasteiger partial charge >= 0.3 is 5.97 Å². The van der Waals surface area contributed by atoms with Gasteiger partial charge in [0.25, 0.3) is 5.91 Å². The largest absolute Gasteiger partial charge is 0.467 e.